The largest absolute Gasteiger partial charge is 0.333 e. The van der Waals surface area contributed by atoms with E-state index in [4.69, 9.17) is 0 Å². The van der Waals surface area contributed by atoms with Gasteiger partial charge in [0, 0.05) is 31.2 Å². The van der Waals surface area contributed by atoms with Crippen LogP contribution in [-0.4, -0.2) is 36.5 Å². The van der Waals surface area contributed by atoms with Crippen molar-refractivity contribution in [2.45, 2.75) is 13.0 Å². The minimum Gasteiger partial charge on any atom is -0.333 e. The predicted molar refractivity (Wildman–Crippen MR) is 74.7 cm³/mol. The van der Waals surface area contributed by atoms with E-state index in [0.29, 0.717) is 16.6 Å². The maximum absolute atomic E-state index is 13.1. The second kappa shape index (κ2) is 6.50. The lowest BCUT2D eigenvalue weighted by Gasteiger charge is -2.34. The first kappa shape index (κ1) is 15.4. The fourth-order valence-electron chi connectivity index (χ4n) is 1.94. The summed E-state index contributed by atoms with van der Waals surface area (Å²) in [5.41, 5.74) is 0.520. The molecule has 0 bridgehead atoms. The molecule has 18 heavy (non-hydrogen) atoms. The van der Waals surface area contributed by atoms with E-state index in [1.54, 1.807) is 0 Å². The van der Waals surface area contributed by atoms with Crippen molar-refractivity contribution in [3.8, 4) is 0 Å². The number of rotatable bonds is 1. The van der Waals surface area contributed by atoms with Crippen molar-refractivity contribution in [2.24, 2.45) is 0 Å². The molecule has 1 heterocycles. The Kier molecular flexibility index (Phi) is 5.56. The lowest BCUT2D eigenvalue weighted by atomic mass is 10.1. The summed E-state index contributed by atoms with van der Waals surface area (Å²) in [5, 5.41) is 3.23. The number of amides is 1. The van der Waals surface area contributed by atoms with E-state index >= 15 is 0 Å². The van der Waals surface area contributed by atoms with Crippen LogP contribution in [-0.2, 0) is 0 Å². The summed E-state index contributed by atoms with van der Waals surface area (Å²) < 4.78 is 13.4. The zero-order valence-corrected chi connectivity index (χ0v) is 12.4. The molecule has 0 radical (unpaired) electrons. The Labute approximate surface area is 120 Å². The molecule has 100 valence electrons. The van der Waals surface area contributed by atoms with Crippen LogP contribution in [0.25, 0.3) is 0 Å². The Morgan fingerprint density at radius 2 is 2.28 bits per heavy atom. The monoisotopic (exact) mass is 336 g/mol. The smallest absolute Gasteiger partial charge is 0.254 e. The summed E-state index contributed by atoms with van der Waals surface area (Å²) in [4.78, 5) is 14.0. The van der Waals surface area contributed by atoms with Crippen LogP contribution < -0.4 is 5.32 Å². The van der Waals surface area contributed by atoms with Crippen LogP contribution in [0.2, 0.25) is 0 Å². The minimum absolute atomic E-state index is 0. The van der Waals surface area contributed by atoms with E-state index in [2.05, 4.69) is 21.2 Å². The number of benzene rings is 1. The number of piperazine rings is 1. The van der Waals surface area contributed by atoms with Gasteiger partial charge in [0.25, 0.3) is 5.91 Å². The average molecular weight is 338 g/mol. The predicted octanol–water partition coefficient (Wildman–Crippen LogP) is 2.44. The van der Waals surface area contributed by atoms with Crippen LogP contribution in [0, 0.1) is 5.82 Å². The van der Waals surface area contributed by atoms with Gasteiger partial charge in [0.2, 0.25) is 0 Å². The van der Waals surface area contributed by atoms with E-state index in [9.17, 15) is 9.18 Å². The number of nitrogens with zero attached hydrogens (tertiary/aromatic N) is 1. The van der Waals surface area contributed by atoms with Gasteiger partial charge < -0.3 is 10.2 Å². The van der Waals surface area contributed by atoms with Gasteiger partial charge in [0.1, 0.15) is 5.82 Å². The van der Waals surface area contributed by atoms with Crippen molar-refractivity contribution in [1.82, 2.24) is 10.2 Å². The molecule has 1 fully saturated rings. The molecule has 0 aliphatic carbocycles. The van der Waals surface area contributed by atoms with Gasteiger partial charge in [-0.3, -0.25) is 4.79 Å². The van der Waals surface area contributed by atoms with Crippen molar-refractivity contribution < 1.29 is 9.18 Å². The van der Waals surface area contributed by atoms with Gasteiger partial charge in [-0.15, -0.1) is 12.4 Å². The zero-order valence-electron chi connectivity index (χ0n) is 9.95. The lowest BCUT2D eigenvalue weighted by Crippen LogP contribution is -2.52. The molecule has 3 nitrogen and oxygen atoms in total. The summed E-state index contributed by atoms with van der Waals surface area (Å²) >= 11 is 3.10. The maximum Gasteiger partial charge on any atom is 0.254 e. The first-order valence-corrected chi connectivity index (χ1v) is 6.35. The molecule has 1 aromatic carbocycles. The number of hydrogen-bond acceptors (Lipinski definition) is 2. The fourth-order valence-corrected chi connectivity index (χ4v) is 2.32. The van der Waals surface area contributed by atoms with Gasteiger partial charge in [-0.25, -0.2) is 4.39 Å². The Bertz CT molecular complexity index is 444. The Morgan fingerprint density at radius 3 is 2.89 bits per heavy atom. The molecule has 0 saturated carbocycles. The second-order valence-corrected chi connectivity index (χ2v) is 5.03. The summed E-state index contributed by atoms with van der Waals surface area (Å²) in [5.74, 6) is -0.394. The van der Waals surface area contributed by atoms with Gasteiger partial charge in [-0.05, 0) is 41.1 Å². The van der Waals surface area contributed by atoms with E-state index in [0.717, 1.165) is 13.1 Å². The third-order valence-electron chi connectivity index (χ3n) is 2.93. The normalized spacial score (nSPS) is 19.3. The van der Waals surface area contributed by atoms with Gasteiger partial charge >= 0.3 is 0 Å². The molecular weight excluding hydrogens is 322 g/mol. The van der Waals surface area contributed by atoms with Gasteiger partial charge in [0.05, 0.1) is 4.47 Å². The van der Waals surface area contributed by atoms with Gasteiger partial charge in [-0.2, -0.15) is 0 Å². The Morgan fingerprint density at radius 1 is 1.56 bits per heavy atom. The molecule has 1 N–H and O–H groups in total. The highest BCUT2D eigenvalue weighted by Gasteiger charge is 2.24. The van der Waals surface area contributed by atoms with Crippen molar-refractivity contribution in [1.29, 1.82) is 0 Å². The molecule has 2 rings (SSSR count). The Balaban J connectivity index is 0.00000162. The van der Waals surface area contributed by atoms with Crippen molar-refractivity contribution >= 4 is 34.2 Å². The number of halogens is 3. The number of hydrogen-bond donors (Lipinski definition) is 1. The van der Waals surface area contributed by atoms with Crippen LogP contribution >= 0.6 is 28.3 Å². The van der Waals surface area contributed by atoms with E-state index in [1.807, 2.05) is 11.8 Å². The van der Waals surface area contributed by atoms with E-state index in [-0.39, 0.29) is 30.2 Å². The highest BCUT2D eigenvalue weighted by atomic mass is 79.9. The number of nitrogens with one attached hydrogen (secondary N) is 1. The quantitative estimate of drug-likeness (QED) is 0.854. The van der Waals surface area contributed by atoms with Gasteiger partial charge in [-0.1, -0.05) is 0 Å². The fraction of sp³-hybridized carbons (Fsp3) is 0.417. The van der Waals surface area contributed by atoms with E-state index < -0.39 is 0 Å². The van der Waals surface area contributed by atoms with Crippen LogP contribution in [0.15, 0.2) is 22.7 Å². The van der Waals surface area contributed by atoms with E-state index in [1.165, 1.54) is 18.2 Å². The third-order valence-corrected chi connectivity index (χ3v) is 3.54. The highest BCUT2D eigenvalue weighted by molar-refractivity contribution is 9.10. The Hall–Kier alpha value is -0.650. The SMILES string of the molecule is C[C@H]1CNCCN1C(=O)c1ccc(F)c(Br)c1.Cl. The molecule has 1 saturated heterocycles. The molecule has 1 aliphatic rings. The zero-order chi connectivity index (χ0) is 12.4. The lowest BCUT2D eigenvalue weighted by molar-refractivity contribution is 0.0655. The molecule has 0 spiro atoms. The molecule has 1 aromatic rings. The highest BCUT2D eigenvalue weighted by Crippen LogP contribution is 2.19. The van der Waals surface area contributed by atoms with Crippen LogP contribution in [0.1, 0.15) is 17.3 Å². The molecule has 0 unspecified atom stereocenters. The maximum atomic E-state index is 13.1. The molecule has 1 atom stereocenters. The van der Waals surface area contributed by atoms with Crippen molar-refractivity contribution in [2.75, 3.05) is 19.6 Å². The number of carbonyl (C=O) groups excluding carboxylic acids is 1. The average Bonchev–Trinajstić information content (AvgIpc) is 2.32. The standard InChI is InChI=1S/C12H14BrFN2O.ClH/c1-8-7-15-4-5-16(8)12(17)9-2-3-11(14)10(13)6-9;/h2-3,6,8,15H,4-5,7H2,1H3;1H/t8-;/m0./s1. The molecular formula is C12H15BrClFN2O. The minimum atomic E-state index is -0.352. The number of carbonyl (C=O) groups is 1. The van der Waals surface area contributed by atoms with Gasteiger partial charge in [0.15, 0.2) is 0 Å². The van der Waals surface area contributed by atoms with Crippen LogP contribution in [0.4, 0.5) is 4.39 Å². The van der Waals surface area contributed by atoms with Crippen molar-refractivity contribution in [3.63, 3.8) is 0 Å². The molecule has 6 heteroatoms. The van der Waals surface area contributed by atoms with Crippen LogP contribution in [0.5, 0.6) is 0 Å². The topological polar surface area (TPSA) is 32.3 Å². The first-order valence-electron chi connectivity index (χ1n) is 5.56. The first-order chi connectivity index (χ1) is 8.09. The second-order valence-electron chi connectivity index (χ2n) is 4.18. The summed E-state index contributed by atoms with van der Waals surface area (Å²) in [7, 11) is 0. The third kappa shape index (κ3) is 3.22. The molecule has 0 aromatic heterocycles. The van der Waals surface area contributed by atoms with Crippen molar-refractivity contribution in [3.05, 3.63) is 34.1 Å². The van der Waals surface area contributed by atoms with Crippen LogP contribution in [0.3, 0.4) is 0 Å². The summed E-state index contributed by atoms with van der Waals surface area (Å²) in [6.45, 7) is 4.30. The molecule has 1 aliphatic heterocycles. The summed E-state index contributed by atoms with van der Waals surface area (Å²) in [6.07, 6.45) is 0. The molecule has 1 amide bonds. The summed E-state index contributed by atoms with van der Waals surface area (Å²) in [6, 6.07) is 4.54.